The number of carbonyl (C=O) groups excluding carboxylic acids is 1. The SMILES string of the molecule is C=C(NC(C(=O)NCCCO)C(C)(C)C)c1nn(Cc2ccc(F)cc2)c2ccc(F)cc12. The summed E-state index contributed by atoms with van der Waals surface area (Å²) < 4.78 is 29.1. The second-order valence-electron chi connectivity index (χ2n) is 9.08. The monoisotopic (exact) mass is 456 g/mol. The Bertz CT molecular complexity index is 1130. The second kappa shape index (κ2) is 10.1. The largest absolute Gasteiger partial charge is 0.396 e. The van der Waals surface area contributed by atoms with Crippen molar-refractivity contribution in [2.75, 3.05) is 13.2 Å². The predicted octanol–water partition coefficient (Wildman–Crippen LogP) is 3.84. The first-order valence-electron chi connectivity index (χ1n) is 10.8. The quantitative estimate of drug-likeness (QED) is 0.428. The number of aromatic nitrogens is 2. The van der Waals surface area contributed by atoms with E-state index in [1.54, 1.807) is 22.9 Å². The molecule has 33 heavy (non-hydrogen) atoms. The highest BCUT2D eigenvalue weighted by Gasteiger charge is 2.32. The molecule has 0 aliphatic carbocycles. The number of carbonyl (C=O) groups is 1. The Morgan fingerprint density at radius 2 is 1.82 bits per heavy atom. The van der Waals surface area contributed by atoms with E-state index in [-0.39, 0.29) is 18.3 Å². The van der Waals surface area contributed by atoms with Crippen molar-refractivity contribution in [1.82, 2.24) is 20.4 Å². The molecule has 0 fully saturated rings. The fourth-order valence-electron chi connectivity index (χ4n) is 3.57. The lowest BCUT2D eigenvalue weighted by molar-refractivity contribution is -0.125. The predicted molar refractivity (Wildman–Crippen MR) is 125 cm³/mol. The fourth-order valence-corrected chi connectivity index (χ4v) is 3.57. The molecule has 0 bridgehead atoms. The smallest absolute Gasteiger partial charge is 0.243 e. The highest BCUT2D eigenvalue weighted by molar-refractivity contribution is 5.91. The van der Waals surface area contributed by atoms with Crippen LogP contribution in [0.25, 0.3) is 16.6 Å². The van der Waals surface area contributed by atoms with Crippen molar-refractivity contribution in [3.05, 3.63) is 71.9 Å². The first-order valence-corrected chi connectivity index (χ1v) is 10.8. The molecule has 0 aliphatic rings. The van der Waals surface area contributed by atoms with Gasteiger partial charge in [-0.05, 0) is 47.7 Å². The van der Waals surface area contributed by atoms with E-state index in [4.69, 9.17) is 5.11 Å². The van der Waals surface area contributed by atoms with Gasteiger partial charge >= 0.3 is 0 Å². The number of hydrogen-bond donors (Lipinski definition) is 3. The molecular weight excluding hydrogens is 426 g/mol. The van der Waals surface area contributed by atoms with Gasteiger partial charge in [0.2, 0.25) is 5.91 Å². The lowest BCUT2D eigenvalue weighted by Crippen LogP contribution is -2.51. The maximum absolute atomic E-state index is 14.1. The minimum absolute atomic E-state index is 0.0103. The molecule has 176 valence electrons. The summed E-state index contributed by atoms with van der Waals surface area (Å²) in [5, 5.41) is 20.2. The lowest BCUT2D eigenvalue weighted by atomic mass is 9.85. The minimum Gasteiger partial charge on any atom is -0.396 e. The number of benzene rings is 2. The maximum atomic E-state index is 14.1. The van der Waals surface area contributed by atoms with Crippen LogP contribution in [0.15, 0.2) is 49.0 Å². The standard InChI is InChI=1S/C25H30F2N4O2/c1-16(29-23(25(2,3)4)24(33)28-12-5-13-32)22-20-14-19(27)10-11-21(20)31(30-22)15-17-6-8-18(26)9-7-17/h6-11,14,23,29,32H,1,5,12-13,15H2,2-4H3,(H,28,33). The van der Waals surface area contributed by atoms with Gasteiger partial charge in [0.1, 0.15) is 23.4 Å². The fraction of sp³-hybridized carbons (Fsp3) is 0.360. The molecule has 1 heterocycles. The first-order chi connectivity index (χ1) is 15.6. The molecule has 3 N–H and O–H groups in total. The van der Waals surface area contributed by atoms with Gasteiger partial charge in [-0.25, -0.2) is 8.78 Å². The topological polar surface area (TPSA) is 79.2 Å². The zero-order valence-electron chi connectivity index (χ0n) is 19.2. The van der Waals surface area contributed by atoms with E-state index >= 15 is 0 Å². The maximum Gasteiger partial charge on any atom is 0.243 e. The van der Waals surface area contributed by atoms with Gasteiger partial charge in [0.05, 0.1) is 17.8 Å². The molecule has 3 rings (SSSR count). The van der Waals surface area contributed by atoms with Crippen molar-refractivity contribution in [2.45, 2.75) is 39.8 Å². The lowest BCUT2D eigenvalue weighted by Gasteiger charge is -2.31. The molecule has 0 saturated carbocycles. The minimum atomic E-state index is -0.630. The molecule has 8 heteroatoms. The van der Waals surface area contributed by atoms with Gasteiger partial charge in [0.25, 0.3) is 0 Å². The molecule has 0 radical (unpaired) electrons. The highest BCUT2D eigenvalue weighted by Crippen LogP contribution is 2.27. The Kier molecular flexibility index (Phi) is 7.48. The number of rotatable bonds is 9. The van der Waals surface area contributed by atoms with Crippen LogP contribution in [0, 0.1) is 17.0 Å². The van der Waals surface area contributed by atoms with Crippen LogP contribution in [0.2, 0.25) is 0 Å². The zero-order chi connectivity index (χ0) is 24.2. The van der Waals surface area contributed by atoms with Crippen LogP contribution in [-0.4, -0.2) is 40.0 Å². The summed E-state index contributed by atoms with van der Waals surface area (Å²) >= 11 is 0. The molecule has 6 nitrogen and oxygen atoms in total. The summed E-state index contributed by atoms with van der Waals surface area (Å²) in [6.07, 6.45) is 0.460. The van der Waals surface area contributed by atoms with Gasteiger partial charge < -0.3 is 15.7 Å². The average Bonchev–Trinajstić information content (AvgIpc) is 3.10. The summed E-state index contributed by atoms with van der Waals surface area (Å²) in [7, 11) is 0. The van der Waals surface area contributed by atoms with Gasteiger partial charge in [-0.3, -0.25) is 9.48 Å². The van der Waals surface area contributed by atoms with E-state index < -0.39 is 17.3 Å². The van der Waals surface area contributed by atoms with Crippen LogP contribution in [-0.2, 0) is 11.3 Å². The van der Waals surface area contributed by atoms with Gasteiger partial charge in [-0.15, -0.1) is 0 Å². The van der Waals surface area contributed by atoms with E-state index in [9.17, 15) is 13.6 Å². The van der Waals surface area contributed by atoms with Gasteiger partial charge in [-0.2, -0.15) is 5.10 Å². The Labute approximate surface area is 192 Å². The molecule has 2 aromatic carbocycles. The first kappa shape index (κ1) is 24.4. The van der Waals surface area contributed by atoms with Crippen LogP contribution < -0.4 is 10.6 Å². The molecule has 1 amide bonds. The van der Waals surface area contributed by atoms with Crippen molar-refractivity contribution in [3.63, 3.8) is 0 Å². The molecule has 0 aliphatic heterocycles. The Morgan fingerprint density at radius 1 is 1.15 bits per heavy atom. The third kappa shape index (κ3) is 5.96. The normalized spacial score (nSPS) is 12.5. The van der Waals surface area contributed by atoms with Crippen LogP contribution in [0.1, 0.15) is 38.4 Å². The molecule has 1 aromatic heterocycles. The van der Waals surface area contributed by atoms with E-state index in [0.717, 1.165) is 5.56 Å². The summed E-state index contributed by atoms with van der Waals surface area (Å²) in [6, 6.07) is 9.86. The van der Waals surface area contributed by atoms with Gasteiger partial charge in [0, 0.05) is 18.5 Å². The zero-order valence-corrected chi connectivity index (χ0v) is 19.2. The van der Waals surface area contributed by atoms with E-state index in [2.05, 4.69) is 22.3 Å². The third-order valence-electron chi connectivity index (χ3n) is 5.32. The Balaban J connectivity index is 1.92. The van der Waals surface area contributed by atoms with Gasteiger partial charge in [-0.1, -0.05) is 39.5 Å². The van der Waals surface area contributed by atoms with Crippen molar-refractivity contribution in [2.24, 2.45) is 5.41 Å². The van der Waals surface area contributed by atoms with Crippen LogP contribution in [0.4, 0.5) is 8.78 Å². The molecule has 1 unspecified atom stereocenters. The highest BCUT2D eigenvalue weighted by atomic mass is 19.1. The van der Waals surface area contributed by atoms with Crippen molar-refractivity contribution < 1.29 is 18.7 Å². The Morgan fingerprint density at radius 3 is 2.45 bits per heavy atom. The summed E-state index contributed by atoms with van der Waals surface area (Å²) in [4.78, 5) is 12.8. The summed E-state index contributed by atoms with van der Waals surface area (Å²) in [5.74, 6) is -0.958. The summed E-state index contributed by atoms with van der Waals surface area (Å²) in [5.41, 5.74) is 1.90. The number of hydrogen-bond acceptors (Lipinski definition) is 4. The van der Waals surface area contributed by atoms with E-state index in [1.807, 2.05) is 20.8 Å². The van der Waals surface area contributed by atoms with Crippen molar-refractivity contribution >= 4 is 22.5 Å². The molecule has 3 aromatic rings. The number of amides is 1. The number of aliphatic hydroxyl groups excluding tert-OH is 1. The van der Waals surface area contributed by atoms with Crippen LogP contribution >= 0.6 is 0 Å². The number of nitrogens with one attached hydrogen (secondary N) is 2. The summed E-state index contributed by atoms with van der Waals surface area (Å²) in [6.45, 7) is 10.6. The van der Waals surface area contributed by atoms with E-state index in [0.29, 0.717) is 41.8 Å². The average molecular weight is 457 g/mol. The molecular formula is C25H30F2N4O2. The van der Waals surface area contributed by atoms with Crippen molar-refractivity contribution in [3.8, 4) is 0 Å². The van der Waals surface area contributed by atoms with Crippen LogP contribution in [0.5, 0.6) is 0 Å². The Hall–Kier alpha value is -3.26. The number of nitrogens with zero attached hydrogens (tertiary/aromatic N) is 2. The second-order valence-corrected chi connectivity index (χ2v) is 9.08. The number of fused-ring (bicyclic) bond motifs is 1. The number of halogens is 2. The number of aliphatic hydroxyl groups is 1. The molecule has 1 atom stereocenters. The van der Waals surface area contributed by atoms with Gasteiger partial charge in [0.15, 0.2) is 0 Å². The van der Waals surface area contributed by atoms with Crippen LogP contribution in [0.3, 0.4) is 0 Å². The molecule has 0 saturated heterocycles. The molecule has 0 spiro atoms. The van der Waals surface area contributed by atoms with E-state index in [1.165, 1.54) is 24.3 Å². The van der Waals surface area contributed by atoms with Crippen molar-refractivity contribution in [1.29, 1.82) is 0 Å². The third-order valence-corrected chi connectivity index (χ3v) is 5.32.